The van der Waals surface area contributed by atoms with Crippen molar-refractivity contribution >= 4 is 6.03 Å². The first-order chi connectivity index (χ1) is 12.1. The molecule has 0 bridgehead atoms. The zero-order chi connectivity index (χ0) is 18.2. The molecule has 25 heavy (non-hydrogen) atoms. The molecule has 0 aliphatic carbocycles. The molecule has 1 unspecified atom stereocenters. The van der Waals surface area contributed by atoms with Gasteiger partial charge in [-0.2, -0.15) is 0 Å². The highest BCUT2D eigenvalue weighted by atomic mass is 16.5. The minimum Gasteiger partial charge on any atom is -0.497 e. The number of nitrogens with one attached hydrogen (secondary N) is 2. The fourth-order valence-electron chi connectivity index (χ4n) is 2.42. The summed E-state index contributed by atoms with van der Waals surface area (Å²) in [5, 5.41) is 5.75. The van der Waals surface area contributed by atoms with Crippen LogP contribution in [0.4, 0.5) is 4.79 Å². The van der Waals surface area contributed by atoms with Gasteiger partial charge in [0, 0.05) is 6.54 Å². The molecule has 0 aliphatic rings. The van der Waals surface area contributed by atoms with E-state index in [2.05, 4.69) is 10.6 Å². The van der Waals surface area contributed by atoms with E-state index < -0.39 is 0 Å². The molecule has 6 heteroatoms. The average Bonchev–Trinajstić information content (AvgIpc) is 2.65. The maximum absolute atomic E-state index is 12.1. The third kappa shape index (κ3) is 5.04. The van der Waals surface area contributed by atoms with Crippen LogP contribution in [0.2, 0.25) is 0 Å². The Bertz CT molecular complexity index is 718. The smallest absolute Gasteiger partial charge is 0.315 e. The van der Waals surface area contributed by atoms with Crippen molar-refractivity contribution in [2.75, 3.05) is 21.3 Å². The van der Waals surface area contributed by atoms with Crippen LogP contribution in [0.25, 0.3) is 0 Å². The van der Waals surface area contributed by atoms with Gasteiger partial charge in [0.05, 0.1) is 27.4 Å². The summed E-state index contributed by atoms with van der Waals surface area (Å²) in [6.07, 6.45) is 0. The van der Waals surface area contributed by atoms with Crippen molar-refractivity contribution in [2.24, 2.45) is 0 Å². The molecule has 0 saturated carbocycles. The number of benzene rings is 2. The first-order valence-electron chi connectivity index (χ1n) is 7.96. The van der Waals surface area contributed by atoms with Gasteiger partial charge in [-0.1, -0.05) is 18.2 Å². The number of hydrogen-bond donors (Lipinski definition) is 2. The average molecular weight is 344 g/mol. The van der Waals surface area contributed by atoms with Crippen LogP contribution in [0.5, 0.6) is 17.2 Å². The number of rotatable bonds is 7. The Kier molecular flexibility index (Phi) is 6.51. The molecule has 134 valence electrons. The van der Waals surface area contributed by atoms with Crippen LogP contribution >= 0.6 is 0 Å². The van der Waals surface area contributed by atoms with E-state index in [-0.39, 0.29) is 12.1 Å². The molecule has 0 fully saturated rings. The van der Waals surface area contributed by atoms with Crippen molar-refractivity contribution in [3.05, 3.63) is 53.6 Å². The first-order valence-corrected chi connectivity index (χ1v) is 7.96. The van der Waals surface area contributed by atoms with E-state index in [1.807, 2.05) is 49.4 Å². The molecule has 6 nitrogen and oxygen atoms in total. The van der Waals surface area contributed by atoms with Gasteiger partial charge < -0.3 is 24.8 Å². The fraction of sp³-hybridized carbons (Fsp3) is 0.316. The van der Waals surface area contributed by atoms with Gasteiger partial charge in [0.1, 0.15) is 5.75 Å². The Labute approximate surface area is 148 Å². The second-order valence-electron chi connectivity index (χ2n) is 5.51. The highest BCUT2D eigenvalue weighted by Gasteiger charge is 2.12. The summed E-state index contributed by atoms with van der Waals surface area (Å²) < 4.78 is 15.7. The zero-order valence-corrected chi connectivity index (χ0v) is 15.0. The number of methoxy groups -OCH3 is 3. The van der Waals surface area contributed by atoms with E-state index in [0.29, 0.717) is 18.0 Å². The van der Waals surface area contributed by atoms with Gasteiger partial charge in [0.15, 0.2) is 11.5 Å². The molecule has 0 aromatic heterocycles. The molecular formula is C19H24N2O4. The number of hydrogen-bond acceptors (Lipinski definition) is 4. The fourth-order valence-corrected chi connectivity index (χ4v) is 2.42. The maximum Gasteiger partial charge on any atom is 0.315 e. The lowest BCUT2D eigenvalue weighted by Gasteiger charge is -2.17. The van der Waals surface area contributed by atoms with Gasteiger partial charge in [0.25, 0.3) is 0 Å². The monoisotopic (exact) mass is 344 g/mol. The van der Waals surface area contributed by atoms with Gasteiger partial charge >= 0.3 is 6.03 Å². The van der Waals surface area contributed by atoms with Crippen molar-refractivity contribution in [3.63, 3.8) is 0 Å². The molecule has 0 aliphatic heterocycles. The maximum atomic E-state index is 12.1. The lowest BCUT2D eigenvalue weighted by Crippen LogP contribution is -2.36. The highest BCUT2D eigenvalue weighted by Crippen LogP contribution is 2.29. The Balaban J connectivity index is 1.93. The van der Waals surface area contributed by atoms with Crippen molar-refractivity contribution in [1.82, 2.24) is 10.6 Å². The molecule has 1 atom stereocenters. The summed E-state index contributed by atoms with van der Waals surface area (Å²) in [7, 11) is 4.79. The van der Waals surface area contributed by atoms with Crippen molar-refractivity contribution < 1.29 is 19.0 Å². The minimum atomic E-state index is -0.245. The number of carbonyl (C=O) groups is 1. The number of ether oxygens (including phenoxy) is 3. The van der Waals surface area contributed by atoms with E-state index >= 15 is 0 Å². The van der Waals surface area contributed by atoms with Crippen LogP contribution in [0.3, 0.4) is 0 Å². The Hall–Kier alpha value is -2.89. The molecule has 2 aromatic carbocycles. The van der Waals surface area contributed by atoms with Crippen LogP contribution in [0, 0.1) is 0 Å². The summed E-state index contributed by atoms with van der Waals surface area (Å²) >= 11 is 0. The van der Waals surface area contributed by atoms with Crippen molar-refractivity contribution in [3.8, 4) is 17.2 Å². The predicted octanol–water partition coefficient (Wildman–Crippen LogP) is 3.27. The molecule has 2 rings (SSSR count). The topological polar surface area (TPSA) is 68.8 Å². The van der Waals surface area contributed by atoms with E-state index in [1.165, 1.54) is 0 Å². The van der Waals surface area contributed by atoms with E-state index in [4.69, 9.17) is 14.2 Å². The summed E-state index contributed by atoms with van der Waals surface area (Å²) in [5.41, 5.74) is 1.89. The Morgan fingerprint density at radius 2 is 1.76 bits per heavy atom. The molecule has 0 radical (unpaired) electrons. The van der Waals surface area contributed by atoms with Crippen LogP contribution in [0.1, 0.15) is 24.1 Å². The van der Waals surface area contributed by atoms with Crippen LogP contribution in [-0.4, -0.2) is 27.4 Å². The van der Waals surface area contributed by atoms with E-state index in [9.17, 15) is 4.79 Å². The normalized spacial score (nSPS) is 11.4. The standard InChI is InChI=1S/C19H24N2O4/c1-13(15-8-9-17(24-3)18(11-15)25-4)21-19(22)20-12-14-6-5-7-16(10-14)23-2/h5-11,13H,12H2,1-4H3,(H2,20,21,22). The number of amides is 2. The zero-order valence-electron chi connectivity index (χ0n) is 15.0. The van der Waals surface area contributed by atoms with E-state index in [0.717, 1.165) is 16.9 Å². The quantitative estimate of drug-likeness (QED) is 0.809. The van der Waals surface area contributed by atoms with Gasteiger partial charge in [-0.05, 0) is 42.3 Å². The lowest BCUT2D eigenvalue weighted by molar-refractivity contribution is 0.237. The number of urea groups is 1. The third-order valence-electron chi connectivity index (χ3n) is 3.84. The molecule has 2 aromatic rings. The molecule has 0 heterocycles. The lowest BCUT2D eigenvalue weighted by atomic mass is 10.1. The number of carbonyl (C=O) groups excluding carboxylic acids is 1. The van der Waals surface area contributed by atoms with Crippen LogP contribution in [-0.2, 0) is 6.54 Å². The molecule has 0 saturated heterocycles. The summed E-state index contributed by atoms with van der Waals surface area (Å²) in [4.78, 5) is 12.1. The van der Waals surface area contributed by atoms with Crippen molar-refractivity contribution in [2.45, 2.75) is 19.5 Å². The van der Waals surface area contributed by atoms with Crippen LogP contribution < -0.4 is 24.8 Å². The SMILES string of the molecule is COc1cccc(CNC(=O)NC(C)c2ccc(OC)c(OC)c2)c1. The minimum absolute atomic E-state index is 0.176. The molecule has 2 amide bonds. The molecule has 2 N–H and O–H groups in total. The Morgan fingerprint density at radius 1 is 1.00 bits per heavy atom. The third-order valence-corrected chi connectivity index (χ3v) is 3.84. The van der Waals surface area contributed by atoms with Crippen LogP contribution in [0.15, 0.2) is 42.5 Å². The largest absolute Gasteiger partial charge is 0.497 e. The highest BCUT2D eigenvalue weighted by molar-refractivity contribution is 5.74. The summed E-state index contributed by atoms with van der Waals surface area (Å²) in [6.45, 7) is 2.33. The molecular weight excluding hydrogens is 320 g/mol. The second kappa shape index (κ2) is 8.82. The summed E-state index contributed by atoms with van der Waals surface area (Å²) in [6, 6.07) is 12.7. The van der Waals surface area contributed by atoms with Gasteiger partial charge in [0.2, 0.25) is 0 Å². The Morgan fingerprint density at radius 3 is 2.44 bits per heavy atom. The van der Waals surface area contributed by atoms with E-state index in [1.54, 1.807) is 21.3 Å². The van der Waals surface area contributed by atoms with Gasteiger partial charge in [-0.25, -0.2) is 4.79 Å². The van der Waals surface area contributed by atoms with Crippen molar-refractivity contribution in [1.29, 1.82) is 0 Å². The summed E-state index contributed by atoms with van der Waals surface area (Å²) in [5.74, 6) is 2.05. The first kappa shape index (κ1) is 18.4. The van der Waals surface area contributed by atoms with Gasteiger partial charge in [-0.15, -0.1) is 0 Å². The predicted molar refractivity (Wildman–Crippen MR) is 96.3 cm³/mol. The van der Waals surface area contributed by atoms with Gasteiger partial charge in [-0.3, -0.25) is 0 Å². The molecule has 0 spiro atoms. The second-order valence-corrected chi connectivity index (χ2v) is 5.51.